The second-order valence-electron chi connectivity index (χ2n) is 5.04. The molecule has 0 saturated heterocycles. The number of benzene rings is 2. The van der Waals surface area contributed by atoms with Gasteiger partial charge in [0.25, 0.3) is 0 Å². The molecule has 0 aliphatic carbocycles. The number of anilines is 2. The summed E-state index contributed by atoms with van der Waals surface area (Å²) in [6.07, 6.45) is 1.05. The summed E-state index contributed by atoms with van der Waals surface area (Å²) in [7, 11) is 0. The van der Waals surface area contributed by atoms with Gasteiger partial charge in [0.1, 0.15) is 0 Å². The van der Waals surface area contributed by atoms with E-state index >= 15 is 0 Å². The zero-order chi connectivity index (χ0) is 13.9. The van der Waals surface area contributed by atoms with Crippen molar-refractivity contribution in [3.63, 3.8) is 0 Å². The first-order chi connectivity index (χ1) is 9.74. The zero-order valence-corrected chi connectivity index (χ0v) is 11.9. The highest BCUT2D eigenvalue weighted by atomic mass is 14.9. The minimum Gasteiger partial charge on any atom is -0.355 e. The molecule has 2 nitrogen and oxygen atoms in total. The third-order valence-corrected chi connectivity index (χ3v) is 3.45. The van der Waals surface area contributed by atoms with E-state index < -0.39 is 0 Å². The molecule has 1 aromatic heterocycles. The fourth-order valence-corrected chi connectivity index (χ4v) is 2.34. The molecular formula is C18H18N2. The monoisotopic (exact) mass is 262 g/mol. The molecule has 2 aromatic carbocycles. The molecule has 1 heterocycles. The Bertz CT molecular complexity index is 747. The standard InChI is InChI=1S/C18H18N2/c1-3-14-5-4-6-16(11-14)20-17-9-10-18-15(12-17)8-7-13(2)19-18/h4-12,20H,3H2,1-2H3. The van der Waals surface area contributed by atoms with Crippen LogP contribution in [0, 0.1) is 6.92 Å². The minimum atomic E-state index is 1.04. The number of pyridine rings is 1. The Balaban J connectivity index is 1.92. The van der Waals surface area contributed by atoms with E-state index in [1.807, 2.05) is 13.0 Å². The Labute approximate surface area is 119 Å². The summed E-state index contributed by atoms with van der Waals surface area (Å²) in [6, 6.07) is 19.0. The summed E-state index contributed by atoms with van der Waals surface area (Å²) in [5.41, 5.74) is 5.65. The normalized spacial score (nSPS) is 10.7. The van der Waals surface area contributed by atoms with Crippen LogP contribution < -0.4 is 5.32 Å². The van der Waals surface area contributed by atoms with Gasteiger partial charge in [-0.25, -0.2) is 0 Å². The molecule has 1 N–H and O–H groups in total. The molecule has 0 saturated carbocycles. The van der Waals surface area contributed by atoms with Gasteiger partial charge < -0.3 is 5.32 Å². The SMILES string of the molecule is CCc1cccc(Nc2ccc3nc(C)ccc3c2)c1. The quantitative estimate of drug-likeness (QED) is 0.730. The fraction of sp³-hybridized carbons (Fsp3) is 0.167. The van der Waals surface area contributed by atoms with Crippen LogP contribution in [0.3, 0.4) is 0 Å². The summed E-state index contributed by atoms with van der Waals surface area (Å²) < 4.78 is 0. The predicted octanol–water partition coefficient (Wildman–Crippen LogP) is 4.85. The Hall–Kier alpha value is -2.35. The molecule has 0 aliphatic heterocycles. The van der Waals surface area contributed by atoms with E-state index in [1.165, 1.54) is 5.56 Å². The first-order valence-corrected chi connectivity index (χ1v) is 6.98. The molecule has 0 spiro atoms. The van der Waals surface area contributed by atoms with E-state index in [1.54, 1.807) is 0 Å². The average Bonchev–Trinajstić information content (AvgIpc) is 2.47. The smallest absolute Gasteiger partial charge is 0.0706 e. The van der Waals surface area contributed by atoms with Crippen LogP contribution in [0.4, 0.5) is 11.4 Å². The van der Waals surface area contributed by atoms with Crippen LogP contribution >= 0.6 is 0 Å². The summed E-state index contributed by atoms with van der Waals surface area (Å²) in [4.78, 5) is 4.52. The Morgan fingerprint density at radius 2 is 1.80 bits per heavy atom. The van der Waals surface area contributed by atoms with Crippen LogP contribution in [-0.2, 0) is 6.42 Å². The van der Waals surface area contributed by atoms with Gasteiger partial charge in [0.2, 0.25) is 0 Å². The van der Waals surface area contributed by atoms with Crippen LogP contribution in [-0.4, -0.2) is 4.98 Å². The zero-order valence-electron chi connectivity index (χ0n) is 11.9. The third-order valence-electron chi connectivity index (χ3n) is 3.45. The average molecular weight is 262 g/mol. The highest BCUT2D eigenvalue weighted by molar-refractivity contribution is 5.83. The summed E-state index contributed by atoms with van der Waals surface area (Å²) in [5.74, 6) is 0. The van der Waals surface area contributed by atoms with Crippen molar-refractivity contribution in [3.05, 3.63) is 65.9 Å². The van der Waals surface area contributed by atoms with Gasteiger partial charge in [-0.2, -0.15) is 0 Å². The molecule has 0 aliphatic rings. The summed E-state index contributed by atoms with van der Waals surface area (Å²) >= 11 is 0. The number of aryl methyl sites for hydroxylation is 2. The van der Waals surface area contributed by atoms with Gasteiger partial charge in [-0.05, 0) is 55.3 Å². The fourth-order valence-electron chi connectivity index (χ4n) is 2.34. The number of fused-ring (bicyclic) bond motifs is 1. The van der Waals surface area contributed by atoms with Gasteiger partial charge in [-0.15, -0.1) is 0 Å². The van der Waals surface area contributed by atoms with E-state index in [-0.39, 0.29) is 0 Å². The van der Waals surface area contributed by atoms with Crippen molar-refractivity contribution in [1.29, 1.82) is 0 Å². The lowest BCUT2D eigenvalue weighted by Crippen LogP contribution is -1.92. The predicted molar refractivity (Wildman–Crippen MR) is 85.6 cm³/mol. The molecule has 3 rings (SSSR count). The Kier molecular flexibility index (Phi) is 3.38. The molecule has 20 heavy (non-hydrogen) atoms. The molecule has 0 unspecified atom stereocenters. The van der Waals surface area contributed by atoms with Crippen LogP contribution in [0.1, 0.15) is 18.2 Å². The van der Waals surface area contributed by atoms with Gasteiger partial charge in [0.05, 0.1) is 5.52 Å². The number of rotatable bonds is 3. The molecular weight excluding hydrogens is 244 g/mol. The van der Waals surface area contributed by atoms with E-state index in [0.29, 0.717) is 0 Å². The van der Waals surface area contributed by atoms with Crippen molar-refractivity contribution in [3.8, 4) is 0 Å². The molecule has 2 heteroatoms. The molecule has 0 fully saturated rings. The van der Waals surface area contributed by atoms with Crippen molar-refractivity contribution < 1.29 is 0 Å². The van der Waals surface area contributed by atoms with Crippen molar-refractivity contribution >= 4 is 22.3 Å². The largest absolute Gasteiger partial charge is 0.355 e. The summed E-state index contributed by atoms with van der Waals surface area (Å²) in [6.45, 7) is 4.19. The van der Waals surface area contributed by atoms with Crippen LogP contribution in [0.5, 0.6) is 0 Å². The van der Waals surface area contributed by atoms with Crippen LogP contribution in [0.2, 0.25) is 0 Å². The van der Waals surface area contributed by atoms with E-state index in [0.717, 1.165) is 34.4 Å². The molecule has 0 amide bonds. The topological polar surface area (TPSA) is 24.9 Å². The van der Waals surface area contributed by atoms with E-state index in [4.69, 9.17) is 0 Å². The maximum atomic E-state index is 4.52. The van der Waals surface area contributed by atoms with Crippen molar-refractivity contribution in [2.45, 2.75) is 20.3 Å². The highest BCUT2D eigenvalue weighted by Crippen LogP contribution is 2.22. The minimum absolute atomic E-state index is 1.04. The van der Waals surface area contributed by atoms with Crippen LogP contribution in [0.15, 0.2) is 54.6 Å². The lowest BCUT2D eigenvalue weighted by molar-refractivity contribution is 1.14. The molecule has 3 aromatic rings. The summed E-state index contributed by atoms with van der Waals surface area (Å²) in [5, 5.41) is 4.62. The third kappa shape index (κ3) is 2.64. The lowest BCUT2D eigenvalue weighted by atomic mass is 10.1. The van der Waals surface area contributed by atoms with Crippen LogP contribution in [0.25, 0.3) is 10.9 Å². The molecule has 0 radical (unpaired) electrons. The van der Waals surface area contributed by atoms with E-state index in [2.05, 4.69) is 65.8 Å². The van der Waals surface area contributed by atoms with Gasteiger partial charge in [0.15, 0.2) is 0 Å². The van der Waals surface area contributed by atoms with Gasteiger partial charge >= 0.3 is 0 Å². The number of hydrogen-bond acceptors (Lipinski definition) is 2. The van der Waals surface area contributed by atoms with Crippen molar-refractivity contribution in [2.24, 2.45) is 0 Å². The number of nitrogens with zero attached hydrogens (tertiary/aromatic N) is 1. The second kappa shape index (κ2) is 5.33. The highest BCUT2D eigenvalue weighted by Gasteiger charge is 2.00. The number of nitrogens with one attached hydrogen (secondary N) is 1. The Morgan fingerprint density at radius 3 is 2.65 bits per heavy atom. The second-order valence-corrected chi connectivity index (χ2v) is 5.04. The number of aromatic nitrogens is 1. The maximum absolute atomic E-state index is 4.52. The first-order valence-electron chi connectivity index (χ1n) is 6.98. The Morgan fingerprint density at radius 1 is 0.950 bits per heavy atom. The van der Waals surface area contributed by atoms with Gasteiger partial charge in [-0.1, -0.05) is 25.1 Å². The molecule has 100 valence electrons. The molecule has 0 bridgehead atoms. The van der Waals surface area contributed by atoms with E-state index in [9.17, 15) is 0 Å². The number of hydrogen-bond donors (Lipinski definition) is 1. The van der Waals surface area contributed by atoms with Crippen molar-refractivity contribution in [1.82, 2.24) is 4.98 Å². The van der Waals surface area contributed by atoms with Gasteiger partial charge in [-0.3, -0.25) is 4.98 Å². The molecule has 0 atom stereocenters. The maximum Gasteiger partial charge on any atom is 0.0706 e. The first kappa shape index (κ1) is 12.7. The van der Waals surface area contributed by atoms with Crippen molar-refractivity contribution in [2.75, 3.05) is 5.32 Å². The van der Waals surface area contributed by atoms with Gasteiger partial charge in [0, 0.05) is 22.5 Å². The lowest BCUT2D eigenvalue weighted by Gasteiger charge is -2.09.